The lowest BCUT2D eigenvalue weighted by Crippen LogP contribution is -2.34. The molecule has 1 fully saturated rings. The first-order chi connectivity index (χ1) is 16.5. The molecule has 2 aliphatic heterocycles. The van der Waals surface area contributed by atoms with Gasteiger partial charge in [0.05, 0.1) is 23.0 Å². The minimum absolute atomic E-state index is 0.574. The summed E-state index contributed by atoms with van der Waals surface area (Å²) >= 11 is 0. The van der Waals surface area contributed by atoms with Crippen LogP contribution >= 0.6 is 0 Å². The highest BCUT2D eigenvalue weighted by atomic mass is 15.2. The summed E-state index contributed by atoms with van der Waals surface area (Å²) in [4.78, 5) is 9.59. The molecule has 4 aromatic rings. The van der Waals surface area contributed by atoms with Gasteiger partial charge in [0.2, 0.25) is 0 Å². The predicted molar refractivity (Wildman–Crippen MR) is 135 cm³/mol. The summed E-state index contributed by atoms with van der Waals surface area (Å²) in [5.74, 6) is 1.59. The molecule has 0 radical (unpaired) electrons. The molecule has 2 atom stereocenters. The van der Waals surface area contributed by atoms with Gasteiger partial charge in [0.1, 0.15) is 0 Å². The van der Waals surface area contributed by atoms with Crippen LogP contribution in [0.5, 0.6) is 0 Å². The number of nitriles is 1. The fourth-order valence-electron chi connectivity index (χ4n) is 5.56. The quantitative estimate of drug-likeness (QED) is 0.404. The molecular formula is C28H28N6. The summed E-state index contributed by atoms with van der Waals surface area (Å²) in [5, 5.41) is 9.13. The lowest BCUT2D eigenvalue weighted by molar-refractivity contribution is 0.266. The third-order valence-corrected chi connectivity index (χ3v) is 7.38. The largest absolute Gasteiger partial charge is 0.370 e. The molecule has 1 saturated heterocycles. The van der Waals surface area contributed by atoms with Crippen LogP contribution < -0.4 is 4.90 Å². The van der Waals surface area contributed by atoms with Crippen molar-refractivity contribution in [2.75, 3.05) is 32.1 Å². The van der Waals surface area contributed by atoms with E-state index in [4.69, 9.17) is 10.2 Å². The zero-order valence-electron chi connectivity index (χ0n) is 19.8. The smallest absolute Gasteiger partial charge is 0.161 e. The van der Waals surface area contributed by atoms with Crippen LogP contribution in [0.2, 0.25) is 0 Å². The van der Waals surface area contributed by atoms with Crippen molar-refractivity contribution in [3.05, 3.63) is 78.2 Å². The minimum Gasteiger partial charge on any atom is -0.370 e. The number of nitrogens with zero attached hydrogens (tertiary/aromatic N) is 6. The number of fused-ring (bicyclic) bond motifs is 5. The van der Waals surface area contributed by atoms with E-state index in [1.165, 1.54) is 16.9 Å². The Bertz CT molecular complexity index is 1400. The van der Waals surface area contributed by atoms with Crippen molar-refractivity contribution in [2.45, 2.75) is 19.5 Å². The van der Waals surface area contributed by atoms with Gasteiger partial charge in [-0.25, -0.2) is 4.98 Å². The van der Waals surface area contributed by atoms with Crippen LogP contribution in [0.25, 0.3) is 28.3 Å². The van der Waals surface area contributed by atoms with E-state index in [9.17, 15) is 0 Å². The van der Waals surface area contributed by atoms with Crippen LogP contribution in [0.15, 0.2) is 67.1 Å². The summed E-state index contributed by atoms with van der Waals surface area (Å²) in [6, 6.07) is 19.6. The predicted octanol–water partition coefficient (Wildman–Crippen LogP) is 4.63. The van der Waals surface area contributed by atoms with Crippen LogP contribution in [0, 0.1) is 17.2 Å². The second kappa shape index (κ2) is 7.89. The van der Waals surface area contributed by atoms with Crippen molar-refractivity contribution in [2.24, 2.45) is 5.92 Å². The first-order valence-electron chi connectivity index (χ1n) is 11.8. The molecule has 2 aromatic heterocycles. The molecule has 34 heavy (non-hydrogen) atoms. The monoisotopic (exact) mass is 448 g/mol. The maximum atomic E-state index is 9.13. The Hall–Kier alpha value is -3.82. The molecule has 0 aliphatic carbocycles. The molecule has 6 nitrogen and oxygen atoms in total. The standard InChI is InChI=1S/C28H28N6/c1-19-15-32(18-27(19)31(2)3)24-8-9-25-23(12-24)17-33-16-22(21-6-4-20(14-29)5-7-21)13-26(33)28-30-10-11-34(25)28/h4-13,16,19,27H,15,17-18H2,1-3H3/t19-,27+/m1/s1. The van der Waals surface area contributed by atoms with E-state index in [0.29, 0.717) is 17.5 Å². The maximum Gasteiger partial charge on any atom is 0.161 e. The van der Waals surface area contributed by atoms with E-state index in [1.54, 1.807) is 0 Å². The van der Waals surface area contributed by atoms with E-state index in [2.05, 4.69) is 82.7 Å². The molecule has 0 spiro atoms. The van der Waals surface area contributed by atoms with Crippen LogP contribution in [0.1, 0.15) is 18.1 Å². The molecule has 0 unspecified atom stereocenters. The fourth-order valence-corrected chi connectivity index (χ4v) is 5.56. The molecule has 6 heteroatoms. The van der Waals surface area contributed by atoms with Crippen molar-refractivity contribution in [1.82, 2.24) is 19.0 Å². The Morgan fingerprint density at radius 1 is 1.03 bits per heavy atom. The molecule has 2 aliphatic rings. The zero-order chi connectivity index (χ0) is 23.4. The second-order valence-corrected chi connectivity index (χ2v) is 9.78. The average molecular weight is 449 g/mol. The van der Waals surface area contributed by atoms with Crippen molar-refractivity contribution < 1.29 is 0 Å². The molecular weight excluding hydrogens is 420 g/mol. The lowest BCUT2D eigenvalue weighted by Gasteiger charge is -2.23. The average Bonchev–Trinajstić information content (AvgIpc) is 3.56. The van der Waals surface area contributed by atoms with Gasteiger partial charge in [0.15, 0.2) is 5.82 Å². The number of anilines is 1. The van der Waals surface area contributed by atoms with E-state index in [-0.39, 0.29) is 0 Å². The Morgan fingerprint density at radius 2 is 1.85 bits per heavy atom. The number of imidazole rings is 1. The summed E-state index contributed by atoms with van der Waals surface area (Å²) in [5.41, 5.74) is 7.79. The highest BCUT2D eigenvalue weighted by molar-refractivity contribution is 5.72. The van der Waals surface area contributed by atoms with Crippen LogP contribution in [0.4, 0.5) is 5.69 Å². The first kappa shape index (κ1) is 20.8. The van der Waals surface area contributed by atoms with Crippen LogP contribution in [-0.2, 0) is 6.54 Å². The van der Waals surface area contributed by atoms with E-state index in [0.717, 1.165) is 42.3 Å². The molecule has 0 bridgehead atoms. The number of hydrogen-bond donors (Lipinski definition) is 0. The minimum atomic E-state index is 0.574. The Labute approximate surface area is 200 Å². The van der Waals surface area contributed by atoms with Crippen LogP contribution in [-0.4, -0.2) is 52.2 Å². The number of benzene rings is 2. The molecule has 0 N–H and O–H groups in total. The highest BCUT2D eigenvalue weighted by Crippen LogP contribution is 2.36. The third-order valence-electron chi connectivity index (χ3n) is 7.38. The van der Waals surface area contributed by atoms with Crippen molar-refractivity contribution in [3.63, 3.8) is 0 Å². The Kier molecular flexibility index (Phi) is 4.82. The van der Waals surface area contributed by atoms with Gasteiger partial charge in [-0.2, -0.15) is 5.26 Å². The topological polar surface area (TPSA) is 53.0 Å². The Balaban J connectivity index is 1.40. The normalized spacial score (nSPS) is 18.9. The van der Waals surface area contributed by atoms with Gasteiger partial charge in [-0.05, 0) is 67.5 Å². The maximum absolute atomic E-state index is 9.13. The van der Waals surface area contributed by atoms with Crippen LogP contribution in [0.3, 0.4) is 0 Å². The molecule has 4 heterocycles. The SMILES string of the molecule is C[C@@H]1CN(c2ccc3c(c2)Cn2cc(-c4ccc(C#N)cc4)cc2-c2nccn2-3)C[C@@H]1N(C)C. The van der Waals surface area contributed by atoms with Gasteiger partial charge < -0.3 is 14.4 Å². The molecule has 6 rings (SSSR count). The van der Waals surface area contributed by atoms with E-state index >= 15 is 0 Å². The van der Waals surface area contributed by atoms with Gasteiger partial charge in [-0.15, -0.1) is 0 Å². The number of likely N-dealkylation sites (N-methyl/N-ethyl adjacent to an activating group) is 1. The Morgan fingerprint density at radius 3 is 2.59 bits per heavy atom. The van der Waals surface area contributed by atoms with Gasteiger partial charge in [0, 0.05) is 55.5 Å². The van der Waals surface area contributed by atoms with Crippen molar-refractivity contribution in [1.29, 1.82) is 5.26 Å². The summed E-state index contributed by atoms with van der Waals surface area (Å²) in [7, 11) is 4.36. The number of hydrogen-bond acceptors (Lipinski definition) is 4. The third kappa shape index (κ3) is 3.32. The van der Waals surface area contributed by atoms with E-state index < -0.39 is 0 Å². The highest BCUT2D eigenvalue weighted by Gasteiger charge is 2.31. The lowest BCUT2D eigenvalue weighted by atomic mass is 10.1. The van der Waals surface area contributed by atoms with Gasteiger partial charge >= 0.3 is 0 Å². The molecule has 0 saturated carbocycles. The zero-order valence-corrected chi connectivity index (χ0v) is 19.8. The summed E-state index contributed by atoms with van der Waals surface area (Å²) < 4.78 is 4.51. The van der Waals surface area contributed by atoms with Gasteiger partial charge in [-0.1, -0.05) is 19.1 Å². The van der Waals surface area contributed by atoms with Crippen molar-refractivity contribution in [3.8, 4) is 34.4 Å². The molecule has 0 amide bonds. The van der Waals surface area contributed by atoms with Crippen molar-refractivity contribution >= 4 is 5.69 Å². The molecule has 170 valence electrons. The number of rotatable bonds is 3. The molecule has 2 aromatic carbocycles. The van der Waals surface area contributed by atoms with Gasteiger partial charge in [0.25, 0.3) is 0 Å². The second-order valence-electron chi connectivity index (χ2n) is 9.78. The van der Waals surface area contributed by atoms with E-state index in [1.807, 2.05) is 30.5 Å². The number of aromatic nitrogens is 3. The summed E-state index contributed by atoms with van der Waals surface area (Å²) in [6.07, 6.45) is 6.14. The first-order valence-corrected chi connectivity index (χ1v) is 11.8. The van der Waals surface area contributed by atoms with Gasteiger partial charge in [-0.3, -0.25) is 4.57 Å². The fraction of sp³-hybridized carbons (Fsp3) is 0.286. The summed E-state index contributed by atoms with van der Waals surface area (Å²) in [6.45, 7) is 5.28.